The summed E-state index contributed by atoms with van der Waals surface area (Å²) in [5.41, 5.74) is 1.05. The fourth-order valence-electron chi connectivity index (χ4n) is 3.34. The molecule has 2 heterocycles. The highest BCUT2D eigenvalue weighted by atomic mass is 79.9. The van der Waals surface area contributed by atoms with Gasteiger partial charge in [0.15, 0.2) is 0 Å². The number of carbonyl (C=O) groups is 3. The largest absolute Gasteiger partial charge is 0.311 e. The molecule has 28 heavy (non-hydrogen) atoms. The number of anilines is 1. The van der Waals surface area contributed by atoms with Crippen LogP contribution in [0.25, 0.3) is 10.8 Å². The second-order valence-corrected chi connectivity index (χ2v) is 7.40. The summed E-state index contributed by atoms with van der Waals surface area (Å²) in [5.74, 6) is -0.387. The molecule has 0 fully saturated rings. The molecule has 7 heteroatoms. The van der Waals surface area contributed by atoms with Gasteiger partial charge in [0.1, 0.15) is 5.82 Å². The number of aromatic nitrogens is 1. The van der Waals surface area contributed by atoms with Crippen LogP contribution in [-0.4, -0.2) is 34.2 Å². The number of imide groups is 1. The minimum absolute atomic E-state index is 0.181. The average Bonchev–Trinajstić information content (AvgIpc) is 2.70. The van der Waals surface area contributed by atoms with Gasteiger partial charge < -0.3 is 5.32 Å². The molecule has 0 atom stereocenters. The average molecular weight is 438 g/mol. The molecule has 6 nitrogen and oxygen atoms in total. The van der Waals surface area contributed by atoms with Crippen molar-refractivity contribution < 1.29 is 14.4 Å². The molecular formula is C21H16BrN3O3. The van der Waals surface area contributed by atoms with E-state index >= 15 is 0 Å². The maximum atomic E-state index is 12.8. The van der Waals surface area contributed by atoms with Crippen LogP contribution in [0.1, 0.15) is 33.6 Å². The first-order chi connectivity index (χ1) is 13.5. The van der Waals surface area contributed by atoms with E-state index in [1.165, 1.54) is 4.90 Å². The van der Waals surface area contributed by atoms with Crippen LogP contribution in [0, 0.1) is 0 Å². The van der Waals surface area contributed by atoms with Crippen molar-refractivity contribution in [3.63, 3.8) is 0 Å². The normalized spacial score (nSPS) is 13.1. The van der Waals surface area contributed by atoms with Crippen molar-refractivity contribution in [3.05, 3.63) is 70.3 Å². The summed E-state index contributed by atoms with van der Waals surface area (Å²) < 4.78 is 0.822. The van der Waals surface area contributed by atoms with Gasteiger partial charge in [-0.25, -0.2) is 4.98 Å². The molecule has 3 aromatic rings. The Kier molecular flexibility index (Phi) is 4.92. The number of carbonyl (C=O) groups excluding carboxylic acids is 3. The van der Waals surface area contributed by atoms with Crippen LogP contribution in [0.15, 0.2) is 59.2 Å². The fourth-order valence-corrected chi connectivity index (χ4v) is 3.57. The van der Waals surface area contributed by atoms with Crippen LogP contribution < -0.4 is 5.32 Å². The topological polar surface area (TPSA) is 79.4 Å². The Morgan fingerprint density at radius 2 is 1.68 bits per heavy atom. The number of benzene rings is 2. The number of rotatable bonds is 5. The minimum atomic E-state index is -0.315. The number of halogens is 1. The standard InChI is InChI=1S/C21H16BrN3O3/c22-14-9-10-17(23-12-14)24-18(26)8-3-11-25-20(27)15-6-1-4-13-5-2-7-16(19(13)15)21(25)28/h1-2,4-7,9-10,12H,3,8,11H2,(H,23,24,26). The molecule has 0 spiro atoms. The summed E-state index contributed by atoms with van der Waals surface area (Å²) in [6, 6.07) is 14.3. The highest BCUT2D eigenvalue weighted by Crippen LogP contribution is 2.30. The highest BCUT2D eigenvalue weighted by molar-refractivity contribution is 9.10. The second kappa shape index (κ2) is 7.52. The third-order valence-electron chi connectivity index (χ3n) is 4.64. The van der Waals surface area contributed by atoms with Gasteiger partial charge in [-0.1, -0.05) is 24.3 Å². The number of nitrogens with one attached hydrogen (secondary N) is 1. The Morgan fingerprint density at radius 1 is 1.00 bits per heavy atom. The molecule has 0 radical (unpaired) electrons. The third kappa shape index (κ3) is 3.41. The van der Waals surface area contributed by atoms with E-state index in [1.54, 1.807) is 30.5 Å². The van der Waals surface area contributed by atoms with Crippen LogP contribution in [0.5, 0.6) is 0 Å². The summed E-state index contributed by atoms with van der Waals surface area (Å²) in [6.07, 6.45) is 2.15. The number of hydrogen-bond acceptors (Lipinski definition) is 4. The molecule has 0 bridgehead atoms. The quantitative estimate of drug-likeness (QED) is 0.611. The van der Waals surface area contributed by atoms with Crippen LogP contribution in [0.4, 0.5) is 5.82 Å². The summed E-state index contributed by atoms with van der Waals surface area (Å²) in [4.78, 5) is 43.0. The van der Waals surface area contributed by atoms with Crippen molar-refractivity contribution in [2.75, 3.05) is 11.9 Å². The van der Waals surface area contributed by atoms with Crippen LogP contribution in [-0.2, 0) is 4.79 Å². The lowest BCUT2D eigenvalue weighted by atomic mass is 9.94. The van der Waals surface area contributed by atoms with Gasteiger partial charge in [0.2, 0.25) is 5.91 Å². The Morgan fingerprint density at radius 3 is 2.29 bits per heavy atom. The molecule has 1 aliphatic rings. The lowest BCUT2D eigenvalue weighted by Crippen LogP contribution is -2.41. The first-order valence-electron chi connectivity index (χ1n) is 8.84. The third-order valence-corrected chi connectivity index (χ3v) is 5.11. The molecule has 0 unspecified atom stereocenters. The van der Waals surface area contributed by atoms with Crippen molar-refractivity contribution >= 4 is 50.2 Å². The molecule has 0 saturated carbocycles. The van der Waals surface area contributed by atoms with Gasteiger partial charge in [0, 0.05) is 40.1 Å². The van der Waals surface area contributed by atoms with Gasteiger partial charge in [0.25, 0.3) is 11.8 Å². The Hall–Kier alpha value is -3.06. The molecule has 140 valence electrons. The SMILES string of the molecule is O=C(CCCN1C(=O)c2cccc3cccc(c23)C1=O)Nc1ccc(Br)cn1. The van der Waals surface area contributed by atoms with Crippen molar-refractivity contribution in [2.45, 2.75) is 12.8 Å². The smallest absolute Gasteiger partial charge is 0.261 e. The van der Waals surface area contributed by atoms with Crippen LogP contribution in [0.2, 0.25) is 0 Å². The molecule has 4 rings (SSSR count). The molecule has 1 aliphatic heterocycles. The van der Waals surface area contributed by atoms with Crippen LogP contribution >= 0.6 is 15.9 Å². The Bertz CT molecular complexity index is 1050. The lowest BCUT2D eigenvalue weighted by Gasteiger charge is -2.27. The van der Waals surface area contributed by atoms with Gasteiger partial charge in [-0.05, 0) is 52.0 Å². The highest BCUT2D eigenvalue weighted by Gasteiger charge is 2.32. The second-order valence-electron chi connectivity index (χ2n) is 6.48. The molecule has 3 amide bonds. The molecule has 0 aliphatic carbocycles. The Balaban J connectivity index is 1.43. The molecule has 2 aromatic carbocycles. The molecular weight excluding hydrogens is 422 g/mol. The van der Waals surface area contributed by atoms with Crippen molar-refractivity contribution in [1.29, 1.82) is 0 Å². The molecule has 1 aromatic heterocycles. The van der Waals surface area contributed by atoms with Crippen molar-refractivity contribution in [1.82, 2.24) is 9.88 Å². The van der Waals surface area contributed by atoms with Gasteiger partial charge >= 0.3 is 0 Å². The molecule has 0 saturated heterocycles. The number of nitrogens with zero attached hydrogens (tertiary/aromatic N) is 2. The zero-order valence-electron chi connectivity index (χ0n) is 14.8. The summed E-state index contributed by atoms with van der Waals surface area (Å²) in [6.45, 7) is 0.184. The number of amides is 3. The predicted molar refractivity (Wildman–Crippen MR) is 109 cm³/mol. The predicted octanol–water partition coefficient (Wildman–Crippen LogP) is 4.01. The monoisotopic (exact) mass is 437 g/mol. The van der Waals surface area contributed by atoms with E-state index in [0.29, 0.717) is 28.8 Å². The van der Waals surface area contributed by atoms with E-state index in [2.05, 4.69) is 26.2 Å². The first-order valence-corrected chi connectivity index (χ1v) is 9.63. The maximum absolute atomic E-state index is 12.8. The van der Waals surface area contributed by atoms with E-state index < -0.39 is 0 Å². The van der Waals surface area contributed by atoms with Gasteiger partial charge in [0.05, 0.1) is 0 Å². The summed E-state index contributed by atoms with van der Waals surface area (Å²) in [5, 5.41) is 4.28. The Labute approximate surface area is 169 Å². The maximum Gasteiger partial charge on any atom is 0.261 e. The lowest BCUT2D eigenvalue weighted by molar-refractivity contribution is -0.116. The zero-order chi connectivity index (χ0) is 19.7. The van der Waals surface area contributed by atoms with Gasteiger partial charge in [-0.15, -0.1) is 0 Å². The minimum Gasteiger partial charge on any atom is -0.311 e. The van der Waals surface area contributed by atoms with E-state index in [0.717, 1.165) is 9.86 Å². The van der Waals surface area contributed by atoms with E-state index in [-0.39, 0.29) is 30.7 Å². The van der Waals surface area contributed by atoms with Crippen molar-refractivity contribution in [2.24, 2.45) is 0 Å². The van der Waals surface area contributed by atoms with E-state index in [9.17, 15) is 14.4 Å². The van der Waals surface area contributed by atoms with E-state index in [4.69, 9.17) is 0 Å². The number of pyridine rings is 1. The summed E-state index contributed by atoms with van der Waals surface area (Å²) in [7, 11) is 0. The van der Waals surface area contributed by atoms with Gasteiger partial charge in [-0.3, -0.25) is 19.3 Å². The zero-order valence-corrected chi connectivity index (χ0v) is 16.4. The van der Waals surface area contributed by atoms with Gasteiger partial charge in [-0.2, -0.15) is 0 Å². The first kappa shape index (κ1) is 18.3. The summed E-state index contributed by atoms with van der Waals surface area (Å²) >= 11 is 3.29. The van der Waals surface area contributed by atoms with E-state index in [1.807, 2.05) is 24.3 Å². The molecule has 1 N–H and O–H groups in total. The number of hydrogen-bond donors (Lipinski definition) is 1. The fraction of sp³-hybridized carbons (Fsp3) is 0.143. The van der Waals surface area contributed by atoms with Crippen LogP contribution in [0.3, 0.4) is 0 Å². The van der Waals surface area contributed by atoms with Crippen molar-refractivity contribution in [3.8, 4) is 0 Å².